The van der Waals surface area contributed by atoms with Crippen LogP contribution in [0.15, 0.2) is 0 Å². The lowest BCUT2D eigenvalue weighted by Crippen LogP contribution is -2.32. The van der Waals surface area contributed by atoms with Crippen LogP contribution in [-0.4, -0.2) is 98.7 Å². The second kappa shape index (κ2) is 50.4. The molecule has 0 heterocycles. The molecule has 0 radical (unpaired) electrons. The SMILES string of the molecule is CC(=O)CC(=O)C(C)(C)C.CC(C(=O)CC(=O)C(C)(C)C)C(F)(F)F.CC(C)(C)C(=O)CC(=O)C1CCC2(CCCC2)CC1.CC(C)C(=O)CC(=O)C(C)(C)C.CCC(=O)CC(=O)C(C)(C)C.CCC(CC)C(=O)CC(=O)C(C)(C)C.CCC(CC)C(=O)CC(=O)C(C)(C)C.CCCC(=O)CC(=O)C(C)(C)C. The first kappa shape index (κ1) is 112. The highest BCUT2D eigenvalue weighted by Gasteiger charge is 2.43. The quantitative estimate of drug-likeness (QED) is 0.0658. The molecule has 2 rings (SSSR count). The Morgan fingerprint density at radius 2 is 0.589 bits per heavy atom. The third-order valence-electron chi connectivity index (χ3n) is 19.1. The number of alkyl halides is 3. The molecule has 1 unspecified atom stereocenters. The van der Waals surface area contributed by atoms with Crippen molar-refractivity contribution in [2.75, 3.05) is 0 Å². The molecule has 2 fully saturated rings. The topological polar surface area (TPSA) is 273 Å². The van der Waals surface area contributed by atoms with Crippen molar-refractivity contribution in [3.05, 3.63) is 0 Å². The zero-order chi connectivity index (χ0) is 86.4. The molecular formula is C88H153F3O16. The molecule has 1 atom stereocenters. The number of hydrogen-bond donors (Lipinski definition) is 0. The number of carbonyl (C=O) groups is 16. The van der Waals surface area contributed by atoms with Crippen LogP contribution in [-0.2, 0) is 76.7 Å². The number of carbonyl (C=O) groups excluding carboxylic acids is 16. The van der Waals surface area contributed by atoms with Gasteiger partial charge in [0.05, 0.1) is 51.4 Å². The zero-order valence-electron chi connectivity index (χ0n) is 73.8. The van der Waals surface area contributed by atoms with E-state index in [-0.39, 0.29) is 187 Å². The predicted octanol–water partition coefficient (Wildman–Crippen LogP) is 21.2. The van der Waals surface area contributed by atoms with Crippen LogP contribution in [0.2, 0.25) is 0 Å². The highest BCUT2D eigenvalue weighted by Crippen LogP contribution is 2.50. The summed E-state index contributed by atoms with van der Waals surface area (Å²) in [5.74, 6) is -2.52. The predicted molar refractivity (Wildman–Crippen MR) is 425 cm³/mol. The van der Waals surface area contributed by atoms with Crippen molar-refractivity contribution in [1.29, 1.82) is 0 Å². The summed E-state index contributed by atoms with van der Waals surface area (Å²) >= 11 is 0. The number of ketones is 16. The van der Waals surface area contributed by atoms with Gasteiger partial charge in [-0.3, -0.25) is 76.7 Å². The van der Waals surface area contributed by atoms with E-state index in [9.17, 15) is 89.9 Å². The summed E-state index contributed by atoms with van der Waals surface area (Å²) in [7, 11) is 0. The Balaban J connectivity index is -0.000000275. The van der Waals surface area contributed by atoms with Crippen molar-refractivity contribution in [1.82, 2.24) is 0 Å². The first-order chi connectivity index (χ1) is 47.8. The van der Waals surface area contributed by atoms with Crippen molar-refractivity contribution in [2.45, 2.75) is 389 Å². The van der Waals surface area contributed by atoms with Gasteiger partial charge in [-0.2, -0.15) is 13.2 Å². The van der Waals surface area contributed by atoms with E-state index in [4.69, 9.17) is 0 Å². The van der Waals surface area contributed by atoms with E-state index in [1.54, 1.807) is 27.7 Å². The van der Waals surface area contributed by atoms with Crippen LogP contribution in [0, 0.1) is 78.3 Å². The van der Waals surface area contributed by atoms with E-state index in [0.29, 0.717) is 18.3 Å². The fourth-order valence-electron chi connectivity index (χ4n) is 9.63. The van der Waals surface area contributed by atoms with E-state index in [1.165, 1.54) is 45.4 Å². The van der Waals surface area contributed by atoms with Gasteiger partial charge < -0.3 is 0 Å². The summed E-state index contributed by atoms with van der Waals surface area (Å²) in [5.41, 5.74) is -2.85. The van der Waals surface area contributed by atoms with Gasteiger partial charge in [0, 0.05) is 79.8 Å². The van der Waals surface area contributed by atoms with Gasteiger partial charge in [0.2, 0.25) is 0 Å². The normalized spacial score (nSPS) is 14.2. The molecule has 107 heavy (non-hydrogen) atoms. The van der Waals surface area contributed by atoms with Gasteiger partial charge in [-0.1, -0.05) is 234 Å². The van der Waals surface area contributed by atoms with Gasteiger partial charge in [0.25, 0.3) is 0 Å². The lowest BCUT2D eigenvalue weighted by molar-refractivity contribution is -0.178. The van der Waals surface area contributed by atoms with E-state index in [0.717, 1.165) is 51.9 Å². The van der Waals surface area contributed by atoms with E-state index in [1.807, 2.05) is 194 Å². The van der Waals surface area contributed by atoms with Gasteiger partial charge in [-0.25, -0.2) is 0 Å². The molecule has 0 saturated heterocycles. The molecular weight excluding hydrogens is 1370 g/mol. The van der Waals surface area contributed by atoms with Gasteiger partial charge >= 0.3 is 6.18 Å². The number of halogens is 3. The van der Waals surface area contributed by atoms with Gasteiger partial charge in [0.15, 0.2) is 5.78 Å². The Hall–Kier alpha value is -5.49. The van der Waals surface area contributed by atoms with Crippen molar-refractivity contribution >= 4 is 92.5 Å². The average Bonchev–Trinajstić information content (AvgIpc) is 1.73. The highest BCUT2D eigenvalue weighted by molar-refractivity contribution is 6.06. The molecule has 1 spiro atoms. The summed E-state index contributed by atoms with van der Waals surface area (Å²) in [4.78, 5) is 182. The van der Waals surface area contributed by atoms with Crippen molar-refractivity contribution in [2.24, 2.45) is 78.3 Å². The molecule has 0 N–H and O–H groups in total. The smallest absolute Gasteiger partial charge is 0.300 e. The van der Waals surface area contributed by atoms with Crippen LogP contribution >= 0.6 is 0 Å². The first-order valence-corrected chi connectivity index (χ1v) is 39.3. The molecule has 2 aliphatic rings. The monoisotopic (exact) mass is 1520 g/mol. The minimum Gasteiger partial charge on any atom is -0.300 e. The molecule has 19 heteroatoms. The van der Waals surface area contributed by atoms with E-state index in [2.05, 4.69) is 0 Å². The minimum atomic E-state index is -4.56. The molecule has 0 aliphatic heterocycles. The van der Waals surface area contributed by atoms with Crippen LogP contribution in [0.1, 0.15) is 383 Å². The van der Waals surface area contributed by atoms with Crippen molar-refractivity contribution in [3.63, 3.8) is 0 Å². The average molecular weight is 1520 g/mol. The van der Waals surface area contributed by atoms with Crippen LogP contribution in [0.4, 0.5) is 13.2 Å². The standard InChI is InChI=1S/C17H28O2.2C12H22O2.C10H15F3O2.2C10H18O2.C9H16O2.C8H14O2/c1-16(2,3)15(19)12-14(18)13-6-10-17(11-7-13)8-4-5-9-17;2*1-6-9(7-2)10(13)8-11(14)12(3,4)5;1-6(10(11,12)13)7(14)5-8(15)9(2,3)4;1-7(2)8(11)6-9(12)10(3,4)5;1-5-6-8(11)7-9(12)10(2,3)4;1-5-7(10)6-8(11)9(2,3)4;1-6(9)5-7(10)8(2,3)4/h13H,4-12H2,1-3H3;2*9H,6-8H2,1-5H3;6H,5H2,1-4H3;7H,6H2,1-5H3;5-7H2,1-4H3;5-6H2,1-4H3;5H2,1-4H3. The molecule has 0 aromatic rings. The van der Waals surface area contributed by atoms with Gasteiger partial charge in [-0.05, 0) is 89.9 Å². The molecule has 2 saturated carbocycles. The molecule has 16 nitrogen and oxygen atoms in total. The number of hydrogen-bond acceptors (Lipinski definition) is 16. The third-order valence-corrected chi connectivity index (χ3v) is 19.1. The second-order valence-electron chi connectivity index (χ2n) is 37.9. The Morgan fingerprint density at radius 1 is 0.336 bits per heavy atom. The molecule has 2 aliphatic carbocycles. The fourth-order valence-corrected chi connectivity index (χ4v) is 9.63. The Labute approximate surface area is 647 Å². The van der Waals surface area contributed by atoms with Crippen LogP contribution in [0.3, 0.4) is 0 Å². The van der Waals surface area contributed by atoms with E-state index < -0.39 is 35.5 Å². The molecule has 0 aromatic carbocycles. The second-order valence-corrected chi connectivity index (χ2v) is 37.9. The van der Waals surface area contributed by atoms with Crippen LogP contribution in [0.5, 0.6) is 0 Å². The molecule has 0 bridgehead atoms. The lowest BCUT2D eigenvalue weighted by Gasteiger charge is -2.36. The Morgan fingerprint density at radius 3 is 0.822 bits per heavy atom. The molecule has 0 amide bonds. The molecule has 622 valence electrons. The van der Waals surface area contributed by atoms with E-state index >= 15 is 0 Å². The lowest BCUT2D eigenvalue weighted by atomic mass is 9.68. The Kier molecular flexibility index (Phi) is 53.0. The maximum atomic E-state index is 12.2. The summed E-state index contributed by atoms with van der Waals surface area (Å²) in [5, 5.41) is 0. The summed E-state index contributed by atoms with van der Waals surface area (Å²) in [6, 6.07) is 0. The summed E-state index contributed by atoms with van der Waals surface area (Å²) in [6.07, 6.45) is 10.7. The maximum Gasteiger partial charge on any atom is 0.398 e. The van der Waals surface area contributed by atoms with Crippen LogP contribution < -0.4 is 0 Å². The fraction of sp³-hybridized carbons (Fsp3) is 0.818. The van der Waals surface area contributed by atoms with Crippen molar-refractivity contribution < 1.29 is 89.9 Å². The largest absolute Gasteiger partial charge is 0.398 e. The maximum absolute atomic E-state index is 12.2. The van der Waals surface area contributed by atoms with Gasteiger partial charge in [-0.15, -0.1) is 0 Å². The number of Topliss-reactive ketones (excluding diaryl/α,β-unsaturated/α-hetero) is 16. The minimum absolute atomic E-state index is 0.0139. The van der Waals surface area contributed by atoms with Crippen LogP contribution in [0.25, 0.3) is 0 Å². The summed E-state index contributed by atoms with van der Waals surface area (Å²) in [6.45, 7) is 61.1. The highest BCUT2D eigenvalue weighted by atomic mass is 19.4. The molecule has 0 aromatic heterocycles. The van der Waals surface area contributed by atoms with Crippen molar-refractivity contribution in [3.8, 4) is 0 Å². The van der Waals surface area contributed by atoms with Gasteiger partial charge in [0.1, 0.15) is 92.7 Å². The Bertz CT molecular complexity index is 2810. The summed E-state index contributed by atoms with van der Waals surface area (Å²) < 4.78 is 36.3. The number of rotatable bonds is 28. The third kappa shape index (κ3) is 53.9. The first-order valence-electron chi connectivity index (χ1n) is 39.3. The zero-order valence-corrected chi connectivity index (χ0v) is 73.8.